The van der Waals surface area contributed by atoms with Gasteiger partial charge in [0, 0.05) is 0 Å². The number of halogens is 10. The zero-order valence-electron chi connectivity index (χ0n) is 25.0. The SMILES string of the molecule is Fc1c(F)c(F)c(C2=C(c3ccccc3)[Te]C(c3ccccc3)=C(c3c(F)c(F)c(F)c(F)c3F)B2OCC2CC3C=CC2C3)c(F)c1F. The first-order chi connectivity index (χ1) is 23.5. The summed E-state index contributed by atoms with van der Waals surface area (Å²) in [6, 6.07) is 15.6. The molecule has 4 aromatic rings. The third-order valence-corrected chi connectivity index (χ3v) is 12.9. The molecule has 3 unspecified atom stereocenters. The zero-order chi connectivity index (χ0) is 34.7. The average molecular weight is 798 g/mol. The Labute approximate surface area is 284 Å². The molecule has 4 aromatic carbocycles. The normalized spacial score (nSPS) is 20.3. The number of allylic oxidation sites excluding steroid dienone is 2. The van der Waals surface area contributed by atoms with Gasteiger partial charge in [-0.15, -0.1) is 0 Å². The molecule has 1 fully saturated rings. The molecule has 0 radical (unpaired) electrons. The second kappa shape index (κ2) is 13.2. The van der Waals surface area contributed by atoms with Crippen LogP contribution < -0.4 is 0 Å². The fourth-order valence-corrected chi connectivity index (χ4v) is 10.7. The first-order valence-electron chi connectivity index (χ1n) is 15.1. The molecule has 1 heterocycles. The predicted molar refractivity (Wildman–Crippen MR) is 165 cm³/mol. The van der Waals surface area contributed by atoms with Gasteiger partial charge < -0.3 is 0 Å². The molecule has 49 heavy (non-hydrogen) atoms. The summed E-state index contributed by atoms with van der Waals surface area (Å²) in [5.74, 6) is -22.9. The van der Waals surface area contributed by atoms with Gasteiger partial charge in [-0.1, -0.05) is 0 Å². The van der Waals surface area contributed by atoms with E-state index in [1.807, 2.05) is 12.2 Å². The van der Waals surface area contributed by atoms with Crippen LogP contribution in [0.1, 0.15) is 35.1 Å². The Balaban J connectivity index is 1.59. The van der Waals surface area contributed by atoms with Crippen LogP contribution in [0.2, 0.25) is 0 Å². The van der Waals surface area contributed by atoms with Crippen molar-refractivity contribution in [1.29, 1.82) is 0 Å². The van der Waals surface area contributed by atoms with Crippen molar-refractivity contribution in [3.05, 3.63) is 153 Å². The molecule has 0 saturated heterocycles. The van der Waals surface area contributed by atoms with Crippen molar-refractivity contribution in [1.82, 2.24) is 0 Å². The molecular weight excluding hydrogens is 777 g/mol. The fourth-order valence-electron chi connectivity index (χ4n) is 6.85. The van der Waals surface area contributed by atoms with Crippen molar-refractivity contribution in [2.45, 2.75) is 12.8 Å². The summed E-state index contributed by atoms with van der Waals surface area (Å²) in [6.07, 6.45) is 5.37. The van der Waals surface area contributed by atoms with Crippen LogP contribution in [-0.2, 0) is 4.65 Å². The van der Waals surface area contributed by atoms with Crippen LogP contribution in [0.25, 0.3) is 18.2 Å². The standard InChI is InChI=1S/C36H21BF10OTe/c38-25-21(26(39)30(43)33(46)29(25)42)23-35(17-7-3-1-4-8-17)49-36(18-9-5-2-6-10-18)24(22-27(40)31(44)34(47)32(45)28(22)41)37(23)48-15-20-14-16-11-12-19(20)13-16/h1-12,16,19-20H,13-15H2. The van der Waals surface area contributed by atoms with Crippen molar-refractivity contribution >= 4 is 46.0 Å². The average Bonchev–Trinajstić information content (AvgIpc) is 3.76. The molecule has 1 aliphatic heterocycles. The summed E-state index contributed by atoms with van der Waals surface area (Å²) in [6.45, 7) is -2.27. The van der Waals surface area contributed by atoms with Gasteiger partial charge in [-0.25, -0.2) is 0 Å². The molecule has 2 bridgehead atoms. The number of hydrogen-bond donors (Lipinski definition) is 0. The van der Waals surface area contributed by atoms with Gasteiger partial charge in [0.1, 0.15) is 0 Å². The second-order valence-electron chi connectivity index (χ2n) is 12.0. The number of rotatable bonds is 7. The van der Waals surface area contributed by atoms with E-state index in [9.17, 15) is 26.3 Å². The Bertz CT molecular complexity index is 1900. The van der Waals surface area contributed by atoms with E-state index in [-0.39, 0.29) is 42.7 Å². The van der Waals surface area contributed by atoms with Crippen LogP contribution in [0.4, 0.5) is 43.9 Å². The third kappa shape index (κ3) is 5.64. The van der Waals surface area contributed by atoms with Crippen LogP contribution in [0.3, 0.4) is 0 Å². The molecular formula is C36H21BF10OTe. The van der Waals surface area contributed by atoms with Crippen molar-refractivity contribution in [3.8, 4) is 0 Å². The Morgan fingerprint density at radius 3 is 1.31 bits per heavy atom. The molecule has 3 aliphatic rings. The van der Waals surface area contributed by atoms with Crippen LogP contribution in [0.15, 0.2) is 72.8 Å². The maximum absolute atomic E-state index is 15.9. The first-order valence-corrected chi connectivity index (χ1v) is 17.4. The molecule has 7 rings (SSSR count). The minimum atomic E-state index is -2.43. The van der Waals surface area contributed by atoms with E-state index in [4.69, 9.17) is 4.65 Å². The minimum absolute atomic E-state index is 0.00720. The van der Waals surface area contributed by atoms with Gasteiger partial charge in [0.05, 0.1) is 0 Å². The van der Waals surface area contributed by atoms with E-state index in [2.05, 4.69) is 0 Å². The summed E-state index contributed by atoms with van der Waals surface area (Å²) >= 11 is -2.21. The van der Waals surface area contributed by atoms with Gasteiger partial charge in [-0.05, 0) is 0 Å². The molecule has 13 heteroatoms. The molecule has 0 amide bonds. The molecule has 0 N–H and O–H groups in total. The summed E-state index contributed by atoms with van der Waals surface area (Å²) in [4.78, 5) is 0. The Hall–Kier alpha value is -3.79. The van der Waals surface area contributed by atoms with E-state index in [1.54, 1.807) is 36.4 Å². The van der Waals surface area contributed by atoms with E-state index in [0.29, 0.717) is 6.42 Å². The summed E-state index contributed by atoms with van der Waals surface area (Å²) in [7, 11) is 0. The van der Waals surface area contributed by atoms with E-state index in [0.717, 1.165) is 6.42 Å². The molecule has 1 nitrogen and oxygen atoms in total. The predicted octanol–water partition coefficient (Wildman–Crippen LogP) is 9.53. The van der Waals surface area contributed by atoms with Crippen LogP contribution in [-0.4, -0.2) is 34.4 Å². The van der Waals surface area contributed by atoms with Gasteiger partial charge in [-0.3, -0.25) is 0 Å². The van der Waals surface area contributed by atoms with Crippen molar-refractivity contribution in [3.63, 3.8) is 0 Å². The van der Waals surface area contributed by atoms with Gasteiger partial charge in [-0.2, -0.15) is 0 Å². The first kappa shape index (κ1) is 33.7. The monoisotopic (exact) mass is 800 g/mol. The van der Waals surface area contributed by atoms with Crippen molar-refractivity contribution in [2.75, 3.05) is 6.61 Å². The van der Waals surface area contributed by atoms with E-state index < -0.39 is 108 Å². The molecule has 0 spiro atoms. The van der Waals surface area contributed by atoms with Crippen LogP contribution in [0.5, 0.6) is 0 Å². The Morgan fingerprint density at radius 2 is 0.939 bits per heavy atom. The second-order valence-corrected chi connectivity index (χ2v) is 14.9. The van der Waals surface area contributed by atoms with Crippen LogP contribution in [0, 0.1) is 75.9 Å². The summed E-state index contributed by atoms with van der Waals surface area (Å²) < 4.78 is 158. The third-order valence-electron chi connectivity index (χ3n) is 9.14. The van der Waals surface area contributed by atoms with Crippen molar-refractivity contribution in [2.24, 2.45) is 17.8 Å². The maximum atomic E-state index is 15.9. The molecule has 1 saturated carbocycles. The molecule has 250 valence electrons. The quantitative estimate of drug-likeness (QED) is 0.0596. The number of benzene rings is 4. The summed E-state index contributed by atoms with van der Waals surface area (Å²) in [5, 5.41) is 0. The molecule has 3 atom stereocenters. The summed E-state index contributed by atoms with van der Waals surface area (Å²) in [5.41, 5.74) is -3.54. The van der Waals surface area contributed by atoms with Gasteiger partial charge in [0.2, 0.25) is 0 Å². The van der Waals surface area contributed by atoms with Gasteiger partial charge in [0.15, 0.2) is 0 Å². The number of fused-ring (bicyclic) bond motifs is 2. The molecule has 0 aromatic heterocycles. The zero-order valence-corrected chi connectivity index (χ0v) is 27.3. The van der Waals surface area contributed by atoms with Crippen LogP contribution >= 0.6 is 0 Å². The van der Waals surface area contributed by atoms with E-state index >= 15 is 17.6 Å². The Morgan fingerprint density at radius 1 is 0.531 bits per heavy atom. The van der Waals surface area contributed by atoms with E-state index in [1.165, 1.54) is 24.3 Å². The Kier molecular flexibility index (Phi) is 9.05. The van der Waals surface area contributed by atoms with Gasteiger partial charge in [0.25, 0.3) is 0 Å². The van der Waals surface area contributed by atoms with Gasteiger partial charge >= 0.3 is 285 Å². The van der Waals surface area contributed by atoms with Crippen molar-refractivity contribution < 1.29 is 48.6 Å². The number of hydrogen-bond acceptors (Lipinski definition) is 1. The topological polar surface area (TPSA) is 9.23 Å². The fraction of sp³-hybridized carbons (Fsp3) is 0.167. The molecule has 2 aliphatic carbocycles.